The van der Waals surface area contributed by atoms with Gasteiger partial charge in [-0.05, 0) is 49.2 Å². The average Bonchev–Trinajstić information content (AvgIpc) is 3.43. The number of likely N-dealkylation sites (tertiary alicyclic amines) is 1. The second-order valence-corrected chi connectivity index (χ2v) is 9.34. The van der Waals surface area contributed by atoms with Crippen molar-refractivity contribution in [2.24, 2.45) is 16.8 Å². The van der Waals surface area contributed by atoms with Crippen LogP contribution < -0.4 is 10.5 Å². The Morgan fingerprint density at radius 3 is 2.54 bits per heavy atom. The highest BCUT2D eigenvalue weighted by atomic mass is 19.4. The van der Waals surface area contributed by atoms with Gasteiger partial charge in [-0.25, -0.2) is 9.97 Å². The van der Waals surface area contributed by atoms with Gasteiger partial charge < -0.3 is 24.6 Å². The monoisotopic (exact) mass is 568 g/mol. The topological polar surface area (TPSA) is 129 Å². The van der Waals surface area contributed by atoms with E-state index < -0.39 is 11.9 Å². The Morgan fingerprint density at radius 2 is 1.90 bits per heavy atom. The third-order valence-electron chi connectivity index (χ3n) is 6.93. The van der Waals surface area contributed by atoms with Gasteiger partial charge in [0.25, 0.3) is 5.91 Å². The number of benzene rings is 1. The predicted molar refractivity (Wildman–Crippen MR) is 143 cm³/mol. The summed E-state index contributed by atoms with van der Waals surface area (Å²) in [7, 11) is 2.82. The highest BCUT2D eigenvalue weighted by Crippen LogP contribution is 2.37. The number of amides is 1. The molecule has 3 aromatic heterocycles. The Balaban J connectivity index is 1.41. The quantitative estimate of drug-likeness (QED) is 0.252. The number of carbonyl (C=O) groups is 1. The van der Waals surface area contributed by atoms with Crippen LogP contribution in [0.25, 0.3) is 22.4 Å². The molecule has 2 N–H and O–H groups in total. The second kappa shape index (κ2) is 11.5. The van der Waals surface area contributed by atoms with Crippen LogP contribution in [0.3, 0.4) is 0 Å². The lowest BCUT2D eigenvalue weighted by molar-refractivity contribution is -0.140. The normalized spacial score (nSPS) is 14.9. The van der Waals surface area contributed by atoms with Gasteiger partial charge in [-0.2, -0.15) is 13.2 Å². The fraction of sp³-hybridized carbons (Fsp3) is 0.321. The van der Waals surface area contributed by atoms with Gasteiger partial charge in [0, 0.05) is 36.2 Å². The molecule has 214 valence electrons. The summed E-state index contributed by atoms with van der Waals surface area (Å²) in [5.74, 6) is 0.0584. The number of carbonyl (C=O) groups excluding carboxylic acids is 1. The molecule has 1 amide bonds. The molecule has 1 fully saturated rings. The first-order valence-corrected chi connectivity index (χ1v) is 12.8. The molecule has 1 aliphatic rings. The molecule has 0 bridgehead atoms. The van der Waals surface area contributed by atoms with E-state index in [-0.39, 0.29) is 47.0 Å². The fourth-order valence-corrected chi connectivity index (χ4v) is 4.92. The number of aromatic nitrogens is 3. The number of methoxy groups -OCH3 is 1. The van der Waals surface area contributed by atoms with Crippen LogP contribution in [0.4, 0.5) is 13.2 Å². The first-order valence-electron chi connectivity index (χ1n) is 12.8. The van der Waals surface area contributed by atoms with E-state index in [0.29, 0.717) is 42.6 Å². The van der Waals surface area contributed by atoms with Crippen molar-refractivity contribution in [3.63, 3.8) is 0 Å². The van der Waals surface area contributed by atoms with Crippen molar-refractivity contribution in [2.45, 2.75) is 25.6 Å². The molecular weight excluding hydrogens is 541 g/mol. The number of hydrogen-bond donors (Lipinski definition) is 1. The van der Waals surface area contributed by atoms with Gasteiger partial charge in [0.05, 0.1) is 19.3 Å². The third kappa shape index (κ3) is 5.57. The number of nitrogens with two attached hydrogens (primary N) is 1. The first-order chi connectivity index (χ1) is 19.7. The number of pyridine rings is 2. The van der Waals surface area contributed by atoms with Crippen LogP contribution in [-0.4, -0.2) is 58.8 Å². The van der Waals surface area contributed by atoms with Gasteiger partial charge in [-0.3, -0.25) is 9.78 Å². The fourth-order valence-electron chi connectivity index (χ4n) is 4.92. The lowest BCUT2D eigenvalue weighted by Gasteiger charge is -2.31. The summed E-state index contributed by atoms with van der Waals surface area (Å²) in [6.45, 7) is 0.765. The van der Waals surface area contributed by atoms with Crippen LogP contribution in [0, 0.1) is 5.92 Å². The van der Waals surface area contributed by atoms with E-state index >= 15 is 0 Å². The lowest BCUT2D eigenvalue weighted by atomic mass is 9.90. The predicted octanol–water partition coefficient (Wildman–Crippen LogP) is 4.67. The minimum absolute atomic E-state index is 0.0105. The molecule has 1 aromatic carbocycles. The van der Waals surface area contributed by atoms with Crippen molar-refractivity contribution in [3.05, 3.63) is 71.5 Å². The highest BCUT2D eigenvalue weighted by molar-refractivity contribution is 6.01. The molecule has 1 aliphatic heterocycles. The van der Waals surface area contributed by atoms with Crippen molar-refractivity contribution in [1.29, 1.82) is 0 Å². The van der Waals surface area contributed by atoms with Gasteiger partial charge in [0.1, 0.15) is 29.8 Å². The summed E-state index contributed by atoms with van der Waals surface area (Å²) in [5.41, 5.74) is 6.67. The van der Waals surface area contributed by atoms with E-state index in [1.807, 2.05) is 18.2 Å². The number of piperidine rings is 1. The van der Waals surface area contributed by atoms with Crippen LogP contribution in [0.5, 0.6) is 5.75 Å². The van der Waals surface area contributed by atoms with Gasteiger partial charge in [-0.1, -0.05) is 11.2 Å². The van der Waals surface area contributed by atoms with E-state index in [9.17, 15) is 18.0 Å². The SMILES string of the molecule is CO/N=C(\c1ccccn1)C1CCN(C(=O)c2nc(-c3ccc(OC)c4nc(C(F)(F)F)ccc34)oc2CN)CC1. The molecule has 0 unspecified atom stereocenters. The largest absolute Gasteiger partial charge is 0.494 e. The molecule has 13 heteroatoms. The zero-order valence-corrected chi connectivity index (χ0v) is 22.3. The Morgan fingerprint density at radius 1 is 1.12 bits per heavy atom. The Hall–Kier alpha value is -4.52. The first kappa shape index (κ1) is 28.0. The van der Waals surface area contributed by atoms with E-state index in [2.05, 4.69) is 20.1 Å². The van der Waals surface area contributed by atoms with Gasteiger partial charge in [0.15, 0.2) is 11.5 Å². The molecule has 5 rings (SSSR count). The van der Waals surface area contributed by atoms with Crippen molar-refractivity contribution in [3.8, 4) is 17.2 Å². The van der Waals surface area contributed by atoms with Crippen LogP contribution >= 0.6 is 0 Å². The number of nitrogens with zero attached hydrogens (tertiary/aromatic N) is 5. The summed E-state index contributed by atoms with van der Waals surface area (Å²) in [4.78, 5) is 32.9. The number of ether oxygens (including phenoxy) is 1. The molecule has 4 heterocycles. The number of oxime groups is 1. The van der Waals surface area contributed by atoms with E-state index in [4.69, 9.17) is 19.7 Å². The zero-order valence-electron chi connectivity index (χ0n) is 22.3. The molecule has 4 aromatic rings. The average molecular weight is 569 g/mol. The maximum atomic E-state index is 13.5. The van der Waals surface area contributed by atoms with Crippen molar-refractivity contribution >= 4 is 22.5 Å². The summed E-state index contributed by atoms with van der Waals surface area (Å²) >= 11 is 0. The van der Waals surface area contributed by atoms with Crippen LogP contribution in [0.15, 0.2) is 58.2 Å². The molecule has 10 nitrogen and oxygen atoms in total. The van der Waals surface area contributed by atoms with E-state index in [1.165, 1.54) is 26.4 Å². The molecule has 1 saturated heterocycles. The van der Waals surface area contributed by atoms with Crippen LogP contribution in [-0.2, 0) is 17.6 Å². The number of rotatable bonds is 7. The number of alkyl halides is 3. The minimum atomic E-state index is -4.63. The third-order valence-corrected chi connectivity index (χ3v) is 6.93. The van der Waals surface area contributed by atoms with Crippen molar-refractivity contribution in [1.82, 2.24) is 19.9 Å². The van der Waals surface area contributed by atoms with Crippen molar-refractivity contribution in [2.75, 3.05) is 27.3 Å². The van der Waals surface area contributed by atoms with E-state index in [1.54, 1.807) is 17.2 Å². The molecule has 0 spiro atoms. The summed E-state index contributed by atoms with van der Waals surface area (Å²) in [6.07, 6.45) is -1.69. The van der Waals surface area contributed by atoms with Gasteiger partial charge in [-0.15, -0.1) is 0 Å². The van der Waals surface area contributed by atoms with Crippen LogP contribution in [0.1, 0.15) is 40.5 Å². The Bertz CT molecular complexity index is 1580. The molecular formula is C28H27F3N6O4. The highest BCUT2D eigenvalue weighted by Gasteiger charge is 2.34. The van der Waals surface area contributed by atoms with Gasteiger partial charge in [0.2, 0.25) is 5.89 Å². The standard InChI is InChI=1S/C28H27F3N6O4/c1-39-20-8-6-18(17-7-9-22(28(29,30)31)34-24(17)20)26-35-25(21(15-32)41-26)27(38)37-13-10-16(11-14-37)23(36-40-2)19-5-3-4-12-33-19/h3-9,12,16H,10-11,13-15,32H2,1-2H3/b36-23-. The van der Waals surface area contributed by atoms with Gasteiger partial charge >= 0.3 is 6.18 Å². The summed E-state index contributed by atoms with van der Waals surface area (Å²) in [6, 6.07) is 10.8. The smallest absolute Gasteiger partial charge is 0.433 e. The van der Waals surface area contributed by atoms with Crippen LogP contribution in [0.2, 0.25) is 0 Å². The maximum absolute atomic E-state index is 13.5. The number of halogens is 3. The molecule has 0 aliphatic carbocycles. The lowest BCUT2D eigenvalue weighted by Crippen LogP contribution is -2.41. The zero-order chi connectivity index (χ0) is 29.1. The summed E-state index contributed by atoms with van der Waals surface area (Å²) < 4.78 is 51.1. The molecule has 0 atom stereocenters. The Kier molecular flexibility index (Phi) is 7.88. The number of fused-ring (bicyclic) bond motifs is 1. The second-order valence-electron chi connectivity index (χ2n) is 9.34. The summed E-state index contributed by atoms with van der Waals surface area (Å²) in [5, 5.41) is 4.52. The minimum Gasteiger partial charge on any atom is -0.494 e. The maximum Gasteiger partial charge on any atom is 0.433 e. The molecule has 0 radical (unpaired) electrons. The number of oxazole rings is 1. The molecule has 0 saturated carbocycles. The molecule has 41 heavy (non-hydrogen) atoms. The van der Waals surface area contributed by atoms with Crippen molar-refractivity contribution < 1.29 is 32.0 Å². The van der Waals surface area contributed by atoms with E-state index in [0.717, 1.165) is 11.8 Å². The number of hydrogen-bond acceptors (Lipinski definition) is 9. The Labute approximate surface area is 233 Å².